The summed E-state index contributed by atoms with van der Waals surface area (Å²) in [4.78, 5) is 10.9. The minimum Gasteiger partial charge on any atom is -0.492 e. The molecule has 0 saturated heterocycles. The molecule has 0 aliphatic carbocycles. The monoisotopic (exact) mass is 397 g/mol. The number of halogens is 1. The lowest BCUT2D eigenvalue weighted by Gasteiger charge is -2.26. The van der Waals surface area contributed by atoms with E-state index in [4.69, 9.17) is 21.4 Å². The van der Waals surface area contributed by atoms with Gasteiger partial charge in [-0.1, -0.05) is 23.7 Å². The molecule has 6 nitrogen and oxygen atoms in total. The van der Waals surface area contributed by atoms with E-state index in [1.165, 1.54) is 28.6 Å². The zero-order valence-corrected chi connectivity index (χ0v) is 15.8. The van der Waals surface area contributed by atoms with E-state index in [-0.39, 0.29) is 24.3 Å². The van der Waals surface area contributed by atoms with Gasteiger partial charge in [0.25, 0.3) is 10.0 Å². The third-order valence-corrected chi connectivity index (χ3v) is 5.67. The largest absolute Gasteiger partial charge is 0.492 e. The molecule has 0 aliphatic heterocycles. The van der Waals surface area contributed by atoms with Crippen LogP contribution in [-0.4, -0.2) is 32.6 Å². The molecule has 0 aliphatic rings. The molecule has 140 valence electrons. The molecule has 0 spiro atoms. The van der Waals surface area contributed by atoms with Crippen molar-refractivity contribution in [2.45, 2.75) is 24.7 Å². The third kappa shape index (κ3) is 4.89. The smallest absolute Gasteiger partial charge is 0.303 e. The number of carboxylic acids is 1. The maximum Gasteiger partial charge on any atom is 0.303 e. The Balaban J connectivity index is 2.46. The van der Waals surface area contributed by atoms with Gasteiger partial charge in [0, 0.05) is 18.0 Å². The van der Waals surface area contributed by atoms with Crippen molar-refractivity contribution in [3.8, 4) is 5.75 Å². The highest BCUT2D eigenvalue weighted by molar-refractivity contribution is 7.92. The Morgan fingerprint density at radius 2 is 1.81 bits per heavy atom. The van der Waals surface area contributed by atoms with Gasteiger partial charge in [-0.05, 0) is 49.7 Å². The highest BCUT2D eigenvalue weighted by Crippen LogP contribution is 2.33. The van der Waals surface area contributed by atoms with Crippen LogP contribution in [0.2, 0.25) is 5.02 Å². The fourth-order valence-electron chi connectivity index (χ4n) is 2.42. The second kappa shape index (κ2) is 8.91. The second-order valence-electron chi connectivity index (χ2n) is 5.43. The predicted octanol–water partition coefficient (Wildman–Crippen LogP) is 3.80. The van der Waals surface area contributed by atoms with Crippen molar-refractivity contribution < 1.29 is 23.1 Å². The first-order valence-electron chi connectivity index (χ1n) is 8.08. The first kappa shape index (κ1) is 20.1. The van der Waals surface area contributed by atoms with E-state index in [2.05, 4.69) is 0 Å². The average molecular weight is 398 g/mol. The third-order valence-electron chi connectivity index (χ3n) is 3.59. The fourth-order valence-corrected chi connectivity index (χ4v) is 4.06. The molecule has 1 N–H and O–H groups in total. The number of aliphatic carboxylic acids is 1. The summed E-state index contributed by atoms with van der Waals surface area (Å²) in [5, 5.41) is 9.31. The number of hydrogen-bond donors (Lipinski definition) is 1. The van der Waals surface area contributed by atoms with Crippen molar-refractivity contribution in [1.82, 2.24) is 0 Å². The first-order chi connectivity index (χ1) is 12.4. The van der Waals surface area contributed by atoms with Gasteiger partial charge >= 0.3 is 5.97 Å². The topological polar surface area (TPSA) is 83.9 Å². The van der Waals surface area contributed by atoms with E-state index in [0.29, 0.717) is 23.1 Å². The number of carboxylic acid groups (broad SMARTS) is 1. The second-order valence-corrected chi connectivity index (χ2v) is 7.73. The molecule has 0 unspecified atom stereocenters. The lowest BCUT2D eigenvalue weighted by atomic mass is 10.2. The Bertz CT molecular complexity index is 852. The molecule has 0 fully saturated rings. The molecular weight excluding hydrogens is 378 g/mol. The normalized spacial score (nSPS) is 11.2. The molecule has 26 heavy (non-hydrogen) atoms. The van der Waals surface area contributed by atoms with Crippen LogP contribution >= 0.6 is 11.6 Å². The van der Waals surface area contributed by atoms with Crippen molar-refractivity contribution in [2.24, 2.45) is 0 Å². The molecule has 0 amide bonds. The first-order valence-corrected chi connectivity index (χ1v) is 9.90. The van der Waals surface area contributed by atoms with Gasteiger partial charge in [0.15, 0.2) is 0 Å². The minimum absolute atomic E-state index is 0.0152. The molecule has 2 aromatic rings. The zero-order valence-electron chi connectivity index (χ0n) is 14.3. The zero-order chi connectivity index (χ0) is 19.2. The van der Waals surface area contributed by atoms with Gasteiger partial charge in [-0.3, -0.25) is 9.10 Å². The van der Waals surface area contributed by atoms with Crippen LogP contribution in [0.15, 0.2) is 53.4 Å². The molecule has 0 atom stereocenters. The Labute approximate surface area is 158 Å². The number of ether oxygens (including phenoxy) is 1. The van der Waals surface area contributed by atoms with Gasteiger partial charge in [-0.15, -0.1) is 0 Å². The summed E-state index contributed by atoms with van der Waals surface area (Å²) in [6, 6.07) is 12.6. The Kier molecular flexibility index (Phi) is 6.88. The number of carbonyl (C=O) groups is 1. The molecular formula is C18H20ClNO5S. The summed E-state index contributed by atoms with van der Waals surface area (Å²) >= 11 is 5.85. The summed E-state index contributed by atoms with van der Waals surface area (Å²) in [6.07, 6.45) is 0.0338. The number of benzene rings is 2. The summed E-state index contributed by atoms with van der Waals surface area (Å²) in [5.41, 5.74) is 0.370. The fraction of sp³-hybridized carbons (Fsp3) is 0.278. The standard InChI is InChI=1S/C18H20ClNO5S/c1-2-25-17-7-4-3-6-16(17)20(13-5-8-18(21)22)26(23,24)15-11-9-14(19)10-12-15/h3-4,6-7,9-12H,2,5,8,13H2,1H3,(H,21,22). The number of sulfonamides is 1. The molecule has 0 bridgehead atoms. The van der Waals surface area contributed by atoms with E-state index in [1.807, 2.05) is 0 Å². The van der Waals surface area contributed by atoms with Crippen molar-refractivity contribution >= 4 is 33.3 Å². The van der Waals surface area contributed by atoms with Crippen LogP contribution in [0.1, 0.15) is 19.8 Å². The number of nitrogens with zero attached hydrogens (tertiary/aromatic N) is 1. The SMILES string of the molecule is CCOc1ccccc1N(CCCC(=O)O)S(=O)(=O)c1ccc(Cl)cc1. The van der Waals surface area contributed by atoms with Crippen molar-refractivity contribution in [3.63, 3.8) is 0 Å². The number of rotatable bonds is 9. The van der Waals surface area contributed by atoms with Gasteiger partial charge in [0.2, 0.25) is 0 Å². The number of para-hydroxylation sites is 2. The minimum atomic E-state index is -3.91. The molecule has 0 aromatic heterocycles. The summed E-state index contributed by atoms with van der Waals surface area (Å²) in [5.74, 6) is -0.560. The lowest BCUT2D eigenvalue weighted by molar-refractivity contribution is -0.137. The molecule has 8 heteroatoms. The summed E-state index contributed by atoms with van der Waals surface area (Å²) in [7, 11) is -3.91. The van der Waals surface area contributed by atoms with Crippen LogP contribution in [0.3, 0.4) is 0 Å². The van der Waals surface area contributed by atoms with Crippen molar-refractivity contribution in [2.75, 3.05) is 17.5 Å². The van der Waals surface area contributed by atoms with Crippen LogP contribution in [0, 0.1) is 0 Å². The molecule has 0 radical (unpaired) electrons. The molecule has 0 heterocycles. The number of hydrogen-bond acceptors (Lipinski definition) is 4. The van der Waals surface area contributed by atoms with Gasteiger partial charge in [-0.25, -0.2) is 8.42 Å². The summed E-state index contributed by atoms with van der Waals surface area (Å²) < 4.78 is 33.0. The maximum absolute atomic E-state index is 13.2. The molecule has 2 aromatic carbocycles. The van der Waals surface area contributed by atoms with E-state index >= 15 is 0 Å². The maximum atomic E-state index is 13.2. The number of anilines is 1. The Hall–Kier alpha value is -2.25. The Morgan fingerprint density at radius 1 is 1.15 bits per heavy atom. The van der Waals surface area contributed by atoms with Crippen LogP contribution < -0.4 is 9.04 Å². The molecule has 0 saturated carbocycles. The van der Waals surface area contributed by atoms with Gasteiger partial charge in [0.05, 0.1) is 17.2 Å². The van der Waals surface area contributed by atoms with E-state index < -0.39 is 16.0 Å². The lowest BCUT2D eigenvalue weighted by Crippen LogP contribution is -2.32. The molecule has 2 rings (SSSR count). The van der Waals surface area contributed by atoms with Gasteiger partial charge in [-0.2, -0.15) is 0 Å². The van der Waals surface area contributed by atoms with Crippen molar-refractivity contribution in [3.05, 3.63) is 53.6 Å². The Morgan fingerprint density at radius 3 is 2.42 bits per heavy atom. The van der Waals surface area contributed by atoms with Crippen LogP contribution in [0.5, 0.6) is 5.75 Å². The van der Waals surface area contributed by atoms with E-state index in [0.717, 1.165) is 0 Å². The van der Waals surface area contributed by atoms with Crippen LogP contribution in [0.4, 0.5) is 5.69 Å². The quantitative estimate of drug-likeness (QED) is 0.695. The van der Waals surface area contributed by atoms with E-state index in [1.54, 1.807) is 31.2 Å². The van der Waals surface area contributed by atoms with Gasteiger partial charge < -0.3 is 9.84 Å². The summed E-state index contributed by atoms with van der Waals surface area (Å²) in [6.45, 7) is 2.20. The van der Waals surface area contributed by atoms with Gasteiger partial charge in [0.1, 0.15) is 5.75 Å². The highest BCUT2D eigenvalue weighted by atomic mass is 35.5. The van der Waals surface area contributed by atoms with Crippen molar-refractivity contribution in [1.29, 1.82) is 0 Å². The predicted molar refractivity (Wildman–Crippen MR) is 100 cm³/mol. The average Bonchev–Trinajstić information content (AvgIpc) is 2.60. The van der Waals surface area contributed by atoms with Crippen LogP contribution in [0.25, 0.3) is 0 Å². The van der Waals surface area contributed by atoms with Crippen LogP contribution in [-0.2, 0) is 14.8 Å². The highest BCUT2D eigenvalue weighted by Gasteiger charge is 2.27. The van der Waals surface area contributed by atoms with E-state index in [9.17, 15) is 13.2 Å².